The van der Waals surface area contributed by atoms with E-state index in [-0.39, 0.29) is 18.0 Å². The number of nitrogens with one attached hydrogen (secondary N) is 1. The normalized spacial score (nSPS) is 11.0. The van der Waals surface area contributed by atoms with E-state index in [2.05, 4.69) is 26.5 Å². The number of non-ortho nitro benzene ring substituents is 1. The lowest BCUT2D eigenvalue weighted by Gasteiger charge is -2.07. The molecule has 1 N–H and O–H groups in total. The number of hydrazone groups is 1. The lowest BCUT2D eigenvalue weighted by Crippen LogP contribution is -2.19. The number of benzene rings is 3. The fourth-order valence-corrected chi connectivity index (χ4v) is 3.03. The molecular weight excluding hydrogens is 398 g/mol. The Morgan fingerprint density at radius 2 is 1.77 bits per heavy atom. The van der Waals surface area contributed by atoms with E-state index in [4.69, 9.17) is 0 Å². The lowest BCUT2D eigenvalue weighted by molar-refractivity contribution is -0.384. The van der Waals surface area contributed by atoms with E-state index in [1.807, 2.05) is 36.4 Å². The van der Waals surface area contributed by atoms with E-state index in [9.17, 15) is 14.9 Å². The molecule has 26 heavy (non-hydrogen) atoms. The molecule has 1 amide bonds. The highest BCUT2D eigenvalue weighted by Crippen LogP contribution is 2.27. The number of rotatable bonds is 5. The molecule has 3 aromatic rings. The number of fused-ring (bicyclic) bond motifs is 1. The van der Waals surface area contributed by atoms with Crippen molar-refractivity contribution in [1.29, 1.82) is 0 Å². The number of amides is 1. The predicted molar refractivity (Wildman–Crippen MR) is 104 cm³/mol. The van der Waals surface area contributed by atoms with Gasteiger partial charge in [-0.2, -0.15) is 5.10 Å². The van der Waals surface area contributed by atoms with Gasteiger partial charge in [-0.15, -0.1) is 0 Å². The van der Waals surface area contributed by atoms with Crippen LogP contribution in [0.3, 0.4) is 0 Å². The first-order chi connectivity index (χ1) is 12.5. The predicted octanol–water partition coefficient (Wildman–Crippen LogP) is 4.20. The van der Waals surface area contributed by atoms with Crippen LogP contribution in [0.4, 0.5) is 5.69 Å². The maximum atomic E-state index is 12.1. The summed E-state index contributed by atoms with van der Waals surface area (Å²) in [6.07, 6.45) is 1.65. The molecule has 0 spiro atoms. The number of hydrogen-bond donors (Lipinski definition) is 1. The number of nitro benzene ring substituents is 1. The van der Waals surface area contributed by atoms with Crippen LogP contribution in [0.25, 0.3) is 10.8 Å². The summed E-state index contributed by atoms with van der Waals surface area (Å²) in [5.41, 5.74) is 4.06. The van der Waals surface area contributed by atoms with Gasteiger partial charge in [-0.3, -0.25) is 14.9 Å². The minimum atomic E-state index is -0.467. The summed E-state index contributed by atoms with van der Waals surface area (Å²) in [5.74, 6) is -0.240. The molecule has 0 aromatic heterocycles. The number of carbonyl (C=O) groups excluding carboxylic acids is 1. The summed E-state index contributed by atoms with van der Waals surface area (Å²) in [4.78, 5) is 22.3. The Hall–Kier alpha value is -3.06. The number of hydrogen-bond acceptors (Lipinski definition) is 4. The Labute approximate surface area is 157 Å². The number of carbonyl (C=O) groups is 1. The molecule has 0 heterocycles. The van der Waals surface area contributed by atoms with Gasteiger partial charge < -0.3 is 0 Å². The van der Waals surface area contributed by atoms with Crippen molar-refractivity contribution in [1.82, 2.24) is 5.43 Å². The summed E-state index contributed by atoms with van der Waals surface area (Å²) >= 11 is 3.51. The summed E-state index contributed by atoms with van der Waals surface area (Å²) in [7, 11) is 0. The first-order valence-electron chi connectivity index (χ1n) is 7.77. The molecule has 0 saturated heterocycles. The highest BCUT2D eigenvalue weighted by Gasteiger charge is 2.08. The Morgan fingerprint density at radius 3 is 2.46 bits per heavy atom. The molecule has 0 fully saturated rings. The Morgan fingerprint density at radius 1 is 1.08 bits per heavy atom. The third-order valence-electron chi connectivity index (χ3n) is 3.82. The Kier molecular flexibility index (Phi) is 5.38. The zero-order chi connectivity index (χ0) is 18.5. The van der Waals surface area contributed by atoms with Gasteiger partial charge in [0, 0.05) is 16.6 Å². The highest BCUT2D eigenvalue weighted by atomic mass is 79.9. The van der Waals surface area contributed by atoms with Gasteiger partial charge in [-0.1, -0.05) is 46.3 Å². The molecule has 3 rings (SSSR count). The third kappa shape index (κ3) is 4.12. The summed E-state index contributed by atoms with van der Waals surface area (Å²) in [6, 6.07) is 17.6. The van der Waals surface area contributed by atoms with Crippen molar-refractivity contribution in [3.63, 3.8) is 0 Å². The smallest absolute Gasteiger partial charge is 0.269 e. The quantitative estimate of drug-likeness (QED) is 0.387. The average molecular weight is 412 g/mol. The second-order valence-electron chi connectivity index (χ2n) is 5.57. The monoisotopic (exact) mass is 411 g/mol. The van der Waals surface area contributed by atoms with E-state index >= 15 is 0 Å². The van der Waals surface area contributed by atoms with E-state index in [1.54, 1.807) is 12.1 Å². The fraction of sp³-hybridized carbons (Fsp3) is 0.0526. The molecule has 0 radical (unpaired) electrons. The third-order valence-corrected chi connectivity index (χ3v) is 4.51. The van der Waals surface area contributed by atoms with Gasteiger partial charge in [-0.25, -0.2) is 5.43 Å². The molecule has 0 aliphatic rings. The average Bonchev–Trinajstić information content (AvgIpc) is 2.65. The second kappa shape index (κ2) is 7.88. The number of halogens is 1. The summed E-state index contributed by atoms with van der Waals surface area (Å²) in [6.45, 7) is 0. The van der Waals surface area contributed by atoms with E-state index in [1.165, 1.54) is 18.3 Å². The largest absolute Gasteiger partial charge is 0.273 e. The van der Waals surface area contributed by atoms with Crippen LogP contribution in [0.5, 0.6) is 0 Å². The van der Waals surface area contributed by atoms with Gasteiger partial charge in [0.15, 0.2) is 0 Å². The van der Waals surface area contributed by atoms with Gasteiger partial charge in [0.05, 0.1) is 17.6 Å². The van der Waals surface area contributed by atoms with Crippen molar-refractivity contribution in [2.45, 2.75) is 6.42 Å². The molecule has 130 valence electrons. The molecule has 6 nitrogen and oxygen atoms in total. The van der Waals surface area contributed by atoms with Crippen molar-refractivity contribution in [2.24, 2.45) is 5.10 Å². The zero-order valence-electron chi connectivity index (χ0n) is 13.6. The van der Waals surface area contributed by atoms with Crippen molar-refractivity contribution < 1.29 is 9.72 Å². The van der Waals surface area contributed by atoms with Gasteiger partial charge in [-0.05, 0) is 40.1 Å². The maximum Gasteiger partial charge on any atom is 0.269 e. The first-order valence-corrected chi connectivity index (χ1v) is 8.56. The molecule has 0 unspecified atom stereocenters. The number of nitrogens with zero attached hydrogens (tertiary/aromatic N) is 2. The molecular formula is C19H14BrN3O3. The second-order valence-corrected chi connectivity index (χ2v) is 6.43. The molecule has 7 heteroatoms. The molecule has 0 saturated carbocycles. The van der Waals surface area contributed by atoms with Crippen LogP contribution in [0.1, 0.15) is 11.1 Å². The van der Waals surface area contributed by atoms with Crippen LogP contribution < -0.4 is 5.43 Å². The molecule has 3 aromatic carbocycles. The van der Waals surface area contributed by atoms with E-state index < -0.39 is 4.92 Å². The minimum absolute atomic E-state index is 0.00769. The SMILES string of the molecule is O=C(Cc1ccc(Br)c2ccccc12)N/N=C/c1ccc([N+](=O)[O-])cc1. The van der Waals surface area contributed by atoms with E-state index in [0.29, 0.717) is 5.56 Å². The first kappa shape index (κ1) is 17.8. The van der Waals surface area contributed by atoms with Gasteiger partial charge >= 0.3 is 0 Å². The molecule has 0 bridgehead atoms. The van der Waals surface area contributed by atoms with E-state index in [0.717, 1.165) is 20.8 Å². The lowest BCUT2D eigenvalue weighted by atomic mass is 10.0. The fourth-order valence-electron chi connectivity index (χ4n) is 2.55. The molecule has 0 aliphatic heterocycles. The Bertz CT molecular complexity index is 1000. The topological polar surface area (TPSA) is 84.6 Å². The van der Waals surface area contributed by atoms with Gasteiger partial charge in [0.1, 0.15) is 0 Å². The van der Waals surface area contributed by atoms with Crippen molar-refractivity contribution in [3.05, 3.63) is 86.4 Å². The standard InChI is InChI=1S/C19H14BrN3O3/c20-18-10-7-14(16-3-1-2-4-17(16)18)11-19(24)22-21-12-13-5-8-15(9-6-13)23(25)26/h1-10,12H,11H2,(H,22,24)/b21-12+. The summed E-state index contributed by atoms with van der Waals surface area (Å²) in [5, 5.41) is 16.6. The molecule has 0 atom stereocenters. The zero-order valence-corrected chi connectivity index (χ0v) is 15.1. The maximum absolute atomic E-state index is 12.1. The van der Waals surface area contributed by atoms with Crippen LogP contribution in [0.2, 0.25) is 0 Å². The van der Waals surface area contributed by atoms with Crippen molar-refractivity contribution in [3.8, 4) is 0 Å². The van der Waals surface area contributed by atoms with Crippen LogP contribution in [0, 0.1) is 10.1 Å². The minimum Gasteiger partial charge on any atom is -0.273 e. The van der Waals surface area contributed by atoms with Crippen LogP contribution >= 0.6 is 15.9 Å². The van der Waals surface area contributed by atoms with Crippen molar-refractivity contribution >= 4 is 44.5 Å². The Balaban J connectivity index is 1.66. The summed E-state index contributed by atoms with van der Waals surface area (Å²) < 4.78 is 0.980. The van der Waals surface area contributed by atoms with Gasteiger partial charge in [0.25, 0.3) is 5.69 Å². The van der Waals surface area contributed by atoms with Crippen molar-refractivity contribution in [2.75, 3.05) is 0 Å². The highest BCUT2D eigenvalue weighted by molar-refractivity contribution is 9.10. The van der Waals surface area contributed by atoms with Gasteiger partial charge in [0.2, 0.25) is 5.91 Å². The van der Waals surface area contributed by atoms with Crippen LogP contribution in [-0.2, 0) is 11.2 Å². The number of nitro groups is 1. The van der Waals surface area contributed by atoms with Crippen LogP contribution in [-0.4, -0.2) is 17.0 Å². The van der Waals surface area contributed by atoms with Crippen LogP contribution in [0.15, 0.2) is 70.2 Å². The molecule has 0 aliphatic carbocycles.